The fraction of sp³-hybridized carbons (Fsp3) is 0.200. The van der Waals surface area contributed by atoms with Gasteiger partial charge in [-0.1, -0.05) is 12.2 Å². The molecule has 90 valence electrons. The van der Waals surface area contributed by atoms with Gasteiger partial charge in [0, 0.05) is 23.7 Å². The lowest BCUT2D eigenvalue weighted by atomic mass is 10.1. The first kappa shape index (κ1) is 12.6. The second-order valence-corrected chi connectivity index (χ2v) is 3.40. The van der Waals surface area contributed by atoms with E-state index in [1.165, 1.54) is 12.3 Å². The van der Waals surface area contributed by atoms with Gasteiger partial charge in [-0.05, 0) is 6.92 Å². The maximum absolute atomic E-state index is 10.8. The minimum Gasteiger partial charge on any atom is -0.378 e. The van der Waals surface area contributed by atoms with Crippen LogP contribution in [0.15, 0.2) is 12.3 Å². The van der Waals surface area contributed by atoms with E-state index in [0.29, 0.717) is 11.1 Å². The maximum atomic E-state index is 10.8. The van der Waals surface area contributed by atoms with Crippen molar-refractivity contribution in [2.75, 3.05) is 5.73 Å². The van der Waals surface area contributed by atoms with E-state index in [1.54, 1.807) is 13.0 Å². The third-order valence-corrected chi connectivity index (χ3v) is 2.17. The molecule has 0 aromatic carbocycles. The van der Waals surface area contributed by atoms with Gasteiger partial charge in [-0.25, -0.2) is 4.98 Å². The van der Waals surface area contributed by atoms with E-state index in [-0.39, 0.29) is 17.9 Å². The first-order valence-electron chi connectivity index (χ1n) is 4.77. The van der Waals surface area contributed by atoms with Crippen molar-refractivity contribution < 1.29 is 9.72 Å². The Morgan fingerprint density at radius 2 is 2.29 bits per heavy atom. The number of aromatic nitrogens is 1. The molecule has 1 rings (SSSR count). The highest BCUT2D eigenvalue weighted by atomic mass is 16.6. The number of hydrogen-bond acceptors (Lipinski definition) is 5. The van der Waals surface area contributed by atoms with Gasteiger partial charge >= 0.3 is 5.69 Å². The monoisotopic (exact) mass is 236 g/mol. The van der Waals surface area contributed by atoms with Crippen LogP contribution < -0.4 is 11.5 Å². The third-order valence-electron chi connectivity index (χ3n) is 2.17. The molecule has 0 saturated carbocycles. The van der Waals surface area contributed by atoms with Gasteiger partial charge in [0.15, 0.2) is 0 Å². The molecular weight excluding hydrogens is 224 g/mol. The molecule has 17 heavy (non-hydrogen) atoms. The molecule has 0 unspecified atom stereocenters. The number of pyridine rings is 1. The summed E-state index contributed by atoms with van der Waals surface area (Å²) in [4.78, 5) is 24.4. The fourth-order valence-electron chi connectivity index (χ4n) is 1.33. The highest BCUT2D eigenvalue weighted by Crippen LogP contribution is 2.26. The van der Waals surface area contributed by atoms with E-state index in [0.717, 1.165) is 0 Å². The van der Waals surface area contributed by atoms with E-state index in [4.69, 9.17) is 11.5 Å². The van der Waals surface area contributed by atoms with Crippen LogP contribution in [-0.4, -0.2) is 15.8 Å². The molecule has 0 bridgehead atoms. The van der Waals surface area contributed by atoms with Gasteiger partial charge in [0.1, 0.15) is 0 Å². The number of nitro groups is 1. The molecule has 0 atom stereocenters. The van der Waals surface area contributed by atoms with Crippen molar-refractivity contribution in [1.82, 2.24) is 4.98 Å². The second kappa shape index (κ2) is 5.06. The molecule has 0 aliphatic carbocycles. The van der Waals surface area contributed by atoms with Crippen molar-refractivity contribution in [3.63, 3.8) is 0 Å². The number of carbonyl (C=O) groups is 1. The Bertz CT molecular complexity index is 497. The van der Waals surface area contributed by atoms with E-state index < -0.39 is 10.8 Å². The molecule has 0 spiro atoms. The molecule has 0 radical (unpaired) electrons. The maximum Gasteiger partial charge on any atom is 0.314 e. The zero-order valence-electron chi connectivity index (χ0n) is 9.21. The molecule has 4 N–H and O–H groups in total. The molecule has 7 nitrogen and oxygen atoms in total. The normalized spacial score (nSPS) is 10.6. The third kappa shape index (κ3) is 3.00. The molecule has 1 amide bonds. The summed E-state index contributed by atoms with van der Waals surface area (Å²) in [6.45, 7) is 1.57. The Hall–Kier alpha value is -2.44. The summed E-state index contributed by atoms with van der Waals surface area (Å²) in [6.07, 6.45) is 4.55. The zero-order chi connectivity index (χ0) is 13.0. The molecule has 1 aromatic heterocycles. The molecule has 0 saturated heterocycles. The predicted octanol–water partition coefficient (Wildman–Crippen LogP) is 0.769. The van der Waals surface area contributed by atoms with Crippen LogP contribution in [0.3, 0.4) is 0 Å². The number of rotatable bonds is 4. The van der Waals surface area contributed by atoms with Gasteiger partial charge in [-0.3, -0.25) is 14.9 Å². The molecule has 0 aliphatic rings. The lowest BCUT2D eigenvalue weighted by molar-refractivity contribution is -0.384. The smallest absolute Gasteiger partial charge is 0.314 e. The SMILES string of the molecule is Cc1c(C=CCC(N)=O)cnc(N)c1[N+](=O)[O-]. The summed E-state index contributed by atoms with van der Waals surface area (Å²) in [5, 5.41) is 10.8. The van der Waals surface area contributed by atoms with Gasteiger partial charge < -0.3 is 11.5 Å². The second-order valence-electron chi connectivity index (χ2n) is 3.40. The number of nitrogen functional groups attached to an aromatic ring is 1. The van der Waals surface area contributed by atoms with Crippen molar-refractivity contribution >= 4 is 23.5 Å². The van der Waals surface area contributed by atoms with Gasteiger partial charge in [0.05, 0.1) is 4.92 Å². The summed E-state index contributed by atoms with van der Waals surface area (Å²) >= 11 is 0. The van der Waals surface area contributed by atoms with Gasteiger partial charge in [-0.15, -0.1) is 0 Å². The molecule has 0 aliphatic heterocycles. The molecule has 0 fully saturated rings. The largest absolute Gasteiger partial charge is 0.378 e. The fourth-order valence-corrected chi connectivity index (χ4v) is 1.33. The van der Waals surface area contributed by atoms with Crippen LogP contribution in [0.5, 0.6) is 0 Å². The minimum atomic E-state index is -0.580. The predicted molar refractivity (Wildman–Crippen MR) is 62.9 cm³/mol. The van der Waals surface area contributed by atoms with Crippen LogP contribution in [0.2, 0.25) is 0 Å². The summed E-state index contributed by atoms with van der Waals surface area (Å²) in [5.41, 5.74) is 11.1. The van der Waals surface area contributed by atoms with Gasteiger partial charge in [-0.2, -0.15) is 0 Å². The van der Waals surface area contributed by atoms with Crippen molar-refractivity contribution in [3.05, 3.63) is 33.5 Å². The summed E-state index contributed by atoms with van der Waals surface area (Å²) in [6, 6.07) is 0. The van der Waals surface area contributed by atoms with Crippen LogP contribution in [0.1, 0.15) is 17.5 Å². The Labute approximate surface area is 97.3 Å². The number of nitrogens with two attached hydrogens (primary N) is 2. The average Bonchev–Trinajstić information content (AvgIpc) is 2.20. The first-order chi connectivity index (χ1) is 7.93. The Kier molecular flexibility index (Phi) is 3.76. The van der Waals surface area contributed by atoms with Crippen molar-refractivity contribution in [2.45, 2.75) is 13.3 Å². The molecular formula is C10H12N4O3. The minimum absolute atomic E-state index is 0.0671. The summed E-state index contributed by atoms with van der Waals surface area (Å²) < 4.78 is 0. The number of primary amides is 1. The standard InChI is InChI=1S/C10H12N4O3/c1-6-7(3-2-4-8(11)15)5-13-10(12)9(6)14(16)17/h2-3,5H,4H2,1H3,(H2,11,15)(H2,12,13). The van der Waals surface area contributed by atoms with Crippen molar-refractivity contribution in [2.24, 2.45) is 5.73 Å². The lowest BCUT2D eigenvalue weighted by Crippen LogP contribution is -2.08. The Balaban J connectivity index is 3.11. The van der Waals surface area contributed by atoms with Crippen LogP contribution in [0.25, 0.3) is 6.08 Å². The number of hydrogen-bond donors (Lipinski definition) is 2. The number of amides is 1. The Morgan fingerprint density at radius 1 is 1.65 bits per heavy atom. The zero-order valence-corrected chi connectivity index (χ0v) is 9.21. The quantitative estimate of drug-likeness (QED) is 0.589. The number of anilines is 1. The topological polar surface area (TPSA) is 125 Å². The Morgan fingerprint density at radius 3 is 2.82 bits per heavy atom. The van der Waals surface area contributed by atoms with E-state index in [1.807, 2.05) is 0 Å². The van der Waals surface area contributed by atoms with Crippen LogP contribution in [-0.2, 0) is 4.79 Å². The highest BCUT2D eigenvalue weighted by Gasteiger charge is 2.18. The van der Waals surface area contributed by atoms with Crippen molar-refractivity contribution in [1.29, 1.82) is 0 Å². The van der Waals surface area contributed by atoms with E-state index in [9.17, 15) is 14.9 Å². The molecule has 1 heterocycles. The van der Waals surface area contributed by atoms with Crippen LogP contribution >= 0.6 is 0 Å². The van der Waals surface area contributed by atoms with Gasteiger partial charge in [0.25, 0.3) is 0 Å². The summed E-state index contributed by atoms with van der Waals surface area (Å²) in [7, 11) is 0. The van der Waals surface area contributed by atoms with E-state index >= 15 is 0 Å². The van der Waals surface area contributed by atoms with Crippen molar-refractivity contribution in [3.8, 4) is 0 Å². The van der Waals surface area contributed by atoms with E-state index in [2.05, 4.69) is 4.98 Å². The molecule has 7 heteroatoms. The lowest BCUT2D eigenvalue weighted by Gasteiger charge is -2.03. The summed E-state index contributed by atoms with van der Waals surface area (Å²) in [5.74, 6) is -0.601. The average molecular weight is 236 g/mol. The van der Waals surface area contributed by atoms with Gasteiger partial charge in [0.2, 0.25) is 11.7 Å². The van der Waals surface area contributed by atoms with Crippen LogP contribution in [0, 0.1) is 17.0 Å². The first-order valence-corrected chi connectivity index (χ1v) is 4.77. The number of carbonyl (C=O) groups excluding carboxylic acids is 1. The van der Waals surface area contributed by atoms with Crippen LogP contribution in [0.4, 0.5) is 11.5 Å². The highest BCUT2D eigenvalue weighted by molar-refractivity contribution is 5.77. The number of nitrogens with zero attached hydrogens (tertiary/aromatic N) is 2. The molecule has 1 aromatic rings.